The Morgan fingerprint density at radius 1 is 1.06 bits per heavy atom. The van der Waals surface area contributed by atoms with Crippen LogP contribution in [0.3, 0.4) is 0 Å². The molecule has 0 aliphatic heterocycles. The lowest BCUT2D eigenvalue weighted by molar-refractivity contribution is -0.122. The first-order valence-corrected chi connectivity index (χ1v) is 12.3. The molecule has 3 rings (SSSR count). The van der Waals surface area contributed by atoms with Gasteiger partial charge in [-0.25, -0.2) is 12.8 Å². The fourth-order valence-corrected chi connectivity index (χ4v) is 5.66. The molecule has 1 aliphatic carbocycles. The van der Waals surface area contributed by atoms with Gasteiger partial charge in [0.05, 0.1) is 10.6 Å². The second-order valence-electron chi connectivity index (χ2n) is 7.99. The topological polar surface area (TPSA) is 66.5 Å². The zero-order valence-corrected chi connectivity index (χ0v) is 19.6. The molecule has 2 aromatic rings. The lowest BCUT2D eigenvalue weighted by atomic mass is 9.87. The molecule has 0 heterocycles. The normalized spacial score (nSPS) is 20.2. The third-order valence-corrected chi connectivity index (χ3v) is 8.00. The summed E-state index contributed by atoms with van der Waals surface area (Å²) in [4.78, 5) is 12.9. The van der Waals surface area contributed by atoms with Gasteiger partial charge in [-0.2, -0.15) is 0 Å². The maximum Gasteiger partial charge on any atom is 0.265 e. The van der Waals surface area contributed by atoms with Crippen LogP contribution in [-0.4, -0.2) is 26.4 Å². The van der Waals surface area contributed by atoms with Crippen LogP contribution in [0.4, 0.5) is 10.1 Å². The average Bonchev–Trinajstić information content (AvgIpc) is 2.72. The van der Waals surface area contributed by atoms with Crippen LogP contribution in [0.1, 0.15) is 39.5 Å². The Morgan fingerprint density at radius 2 is 1.65 bits per heavy atom. The van der Waals surface area contributed by atoms with Crippen molar-refractivity contribution in [1.29, 1.82) is 0 Å². The Hall–Kier alpha value is -1.83. The van der Waals surface area contributed by atoms with Gasteiger partial charge < -0.3 is 5.32 Å². The van der Waals surface area contributed by atoms with E-state index in [1.165, 1.54) is 43.3 Å². The van der Waals surface area contributed by atoms with Crippen LogP contribution in [0.5, 0.6) is 0 Å². The summed E-state index contributed by atoms with van der Waals surface area (Å²) in [5, 5.41) is 3.45. The number of sulfonamides is 1. The standard InChI is InChI=1S/C22H25Cl2FN2O3S/c1-14-3-8-18(9-4-14)26-22(28)15(2)27(21-13-17(24)7-12-20(21)25)31(29,30)19-10-5-16(23)6-11-19/h5-7,10-15,18H,3-4,8-9H2,1-2H3,(H,26,28)/t14?,15-,18?/m1/s1. The molecule has 0 spiro atoms. The Kier molecular flexibility index (Phi) is 7.50. The van der Waals surface area contributed by atoms with Gasteiger partial charge in [-0.15, -0.1) is 0 Å². The van der Waals surface area contributed by atoms with Crippen LogP contribution in [0.25, 0.3) is 0 Å². The highest BCUT2D eigenvalue weighted by Crippen LogP contribution is 2.32. The summed E-state index contributed by atoms with van der Waals surface area (Å²) in [7, 11) is -4.29. The molecule has 0 saturated heterocycles. The number of halogens is 3. The lowest BCUT2D eigenvalue weighted by Crippen LogP contribution is -2.51. The molecular weight excluding hydrogens is 462 g/mol. The third-order valence-electron chi connectivity index (χ3n) is 5.61. The Bertz CT molecular complexity index is 1040. The number of nitrogens with zero attached hydrogens (tertiary/aromatic N) is 1. The van der Waals surface area contributed by atoms with E-state index in [9.17, 15) is 17.6 Å². The first-order chi connectivity index (χ1) is 14.6. The van der Waals surface area contributed by atoms with E-state index in [2.05, 4.69) is 12.2 Å². The number of amides is 1. The van der Waals surface area contributed by atoms with Crippen LogP contribution in [0.2, 0.25) is 10.0 Å². The monoisotopic (exact) mass is 486 g/mol. The average molecular weight is 487 g/mol. The molecule has 0 aromatic heterocycles. The summed E-state index contributed by atoms with van der Waals surface area (Å²) in [5.74, 6) is -0.683. The van der Waals surface area contributed by atoms with E-state index in [4.69, 9.17) is 23.2 Å². The SMILES string of the molecule is CC1CCC(NC(=O)[C@@H](C)N(c2cc(Cl)ccc2F)S(=O)(=O)c2ccc(Cl)cc2)CC1. The fourth-order valence-electron chi connectivity index (χ4n) is 3.75. The zero-order valence-electron chi connectivity index (χ0n) is 17.3. The van der Waals surface area contributed by atoms with Gasteiger partial charge in [0.1, 0.15) is 11.9 Å². The predicted octanol–water partition coefficient (Wildman–Crippen LogP) is 5.41. The molecule has 5 nitrogen and oxygen atoms in total. The fraction of sp³-hybridized carbons (Fsp3) is 0.409. The van der Waals surface area contributed by atoms with Crippen molar-refractivity contribution in [3.05, 3.63) is 58.3 Å². The molecule has 31 heavy (non-hydrogen) atoms. The summed E-state index contributed by atoms with van der Waals surface area (Å²) in [6.45, 7) is 3.61. The van der Waals surface area contributed by atoms with Gasteiger partial charge in [0, 0.05) is 16.1 Å². The van der Waals surface area contributed by atoms with Crippen molar-refractivity contribution < 1.29 is 17.6 Å². The minimum Gasteiger partial charge on any atom is -0.352 e. The molecular formula is C22H25Cl2FN2O3S. The van der Waals surface area contributed by atoms with E-state index in [0.717, 1.165) is 36.1 Å². The quantitative estimate of drug-likeness (QED) is 0.593. The van der Waals surface area contributed by atoms with Crippen molar-refractivity contribution >= 4 is 44.8 Å². The van der Waals surface area contributed by atoms with Crippen molar-refractivity contribution in [3.8, 4) is 0 Å². The molecule has 1 atom stereocenters. The van der Waals surface area contributed by atoms with E-state index in [1.54, 1.807) is 0 Å². The Balaban J connectivity index is 1.98. The number of carbonyl (C=O) groups is 1. The van der Waals surface area contributed by atoms with Crippen LogP contribution >= 0.6 is 23.2 Å². The van der Waals surface area contributed by atoms with Gasteiger partial charge in [-0.05, 0) is 81.0 Å². The number of rotatable bonds is 6. The van der Waals surface area contributed by atoms with Crippen LogP contribution in [0.15, 0.2) is 47.4 Å². The van der Waals surface area contributed by atoms with Crippen molar-refractivity contribution in [1.82, 2.24) is 5.32 Å². The summed E-state index contributed by atoms with van der Waals surface area (Å²) in [6, 6.07) is 7.86. The number of hydrogen-bond acceptors (Lipinski definition) is 3. The van der Waals surface area contributed by atoms with Gasteiger partial charge >= 0.3 is 0 Å². The smallest absolute Gasteiger partial charge is 0.265 e. The van der Waals surface area contributed by atoms with Gasteiger partial charge in [0.25, 0.3) is 10.0 Å². The van der Waals surface area contributed by atoms with Crippen LogP contribution in [0, 0.1) is 11.7 Å². The van der Waals surface area contributed by atoms with E-state index < -0.39 is 27.8 Å². The van der Waals surface area contributed by atoms with Gasteiger partial charge in [-0.3, -0.25) is 9.10 Å². The highest BCUT2D eigenvalue weighted by molar-refractivity contribution is 7.93. The third kappa shape index (κ3) is 5.51. The van der Waals surface area contributed by atoms with Crippen LogP contribution < -0.4 is 9.62 Å². The molecule has 0 radical (unpaired) electrons. The highest BCUT2D eigenvalue weighted by atomic mass is 35.5. The Morgan fingerprint density at radius 3 is 2.26 bits per heavy atom. The minimum atomic E-state index is -4.29. The molecule has 1 N–H and O–H groups in total. The number of nitrogens with one attached hydrogen (secondary N) is 1. The van der Waals surface area contributed by atoms with E-state index in [0.29, 0.717) is 10.9 Å². The maximum absolute atomic E-state index is 14.7. The predicted molar refractivity (Wildman–Crippen MR) is 122 cm³/mol. The molecule has 1 aliphatic rings. The second-order valence-corrected chi connectivity index (χ2v) is 10.7. The second kappa shape index (κ2) is 9.76. The molecule has 1 saturated carbocycles. The largest absolute Gasteiger partial charge is 0.352 e. The minimum absolute atomic E-state index is 0.0320. The zero-order chi connectivity index (χ0) is 22.8. The molecule has 1 amide bonds. The van der Waals surface area contributed by atoms with Crippen molar-refractivity contribution in [2.75, 3.05) is 4.31 Å². The highest BCUT2D eigenvalue weighted by Gasteiger charge is 2.36. The molecule has 9 heteroatoms. The van der Waals surface area contributed by atoms with Gasteiger partial charge in [0.2, 0.25) is 5.91 Å². The Labute approximate surface area is 192 Å². The van der Waals surface area contributed by atoms with E-state index >= 15 is 0 Å². The molecule has 2 aromatic carbocycles. The van der Waals surface area contributed by atoms with Gasteiger partial charge in [-0.1, -0.05) is 30.1 Å². The first-order valence-electron chi connectivity index (χ1n) is 10.1. The number of anilines is 1. The van der Waals surface area contributed by atoms with Crippen molar-refractivity contribution in [3.63, 3.8) is 0 Å². The first kappa shape index (κ1) is 23.8. The summed E-state index contributed by atoms with van der Waals surface area (Å²) < 4.78 is 42.5. The molecule has 1 fully saturated rings. The van der Waals surface area contributed by atoms with E-state index in [-0.39, 0.29) is 21.6 Å². The number of carbonyl (C=O) groups excluding carboxylic acids is 1. The van der Waals surface area contributed by atoms with E-state index in [1.807, 2.05) is 0 Å². The summed E-state index contributed by atoms with van der Waals surface area (Å²) in [5.41, 5.74) is -0.289. The number of benzene rings is 2. The van der Waals surface area contributed by atoms with Crippen molar-refractivity contribution in [2.24, 2.45) is 5.92 Å². The lowest BCUT2D eigenvalue weighted by Gasteiger charge is -2.33. The molecule has 168 valence electrons. The van der Waals surface area contributed by atoms with Crippen molar-refractivity contribution in [2.45, 2.75) is 56.5 Å². The summed E-state index contributed by atoms with van der Waals surface area (Å²) in [6.07, 6.45) is 3.65. The number of hydrogen-bond donors (Lipinski definition) is 1. The maximum atomic E-state index is 14.7. The van der Waals surface area contributed by atoms with Gasteiger partial charge in [0.15, 0.2) is 0 Å². The molecule has 0 unspecified atom stereocenters. The van der Waals surface area contributed by atoms with Crippen LogP contribution in [-0.2, 0) is 14.8 Å². The molecule has 0 bridgehead atoms. The summed E-state index contributed by atoms with van der Waals surface area (Å²) >= 11 is 11.9.